The maximum atomic E-state index is 12.6. The van der Waals surface area contributed by atoms with E-state index in [1.165, 1.54) is 16.4 Å². The van der Waals surface area contributed by atoms with E-state index >= 15 is 0 Å². The van der Waals surface area contributed by atoms with Gasteiger partial charge in [0.1, 0.15) is 5.69 Å². The molecule has 0 saturated heterocycles. The summed E-state index contributed by atoms with van der Waals surface area (Å²) in [5, 5.41) is 15.6. The van der Waals surface area contributed by atoms with Crippen LogP contribution < -0.4 is 5.43 Å². The van der Waals surface area contributed by atoms with Crippen molar-refractivity contribution in [3.05, 3.63) is 58.4 Å². The van der Waals surface area contributed by atoms with Crippen LogP contribution in [0, 0.1) is 10.1 Å². The fraction of sp³-hybridized carbons (Fsp3) is 0.294. The lowest BCUT2D eigenvalue weighted by atomic mass is 10.2. The molecular weight excluding hydrogens is 370 g/mol. The summed E-state index contributed by atoms with van der Waals surface area (Å²) in [6.45, 7) is 5.71. The SMILES string of the molecule is CCN(CC)S(=O)(=O)c1ccc(N/N=C(\C)c2cccnc2)c([N+](=O)[O-])c1. The summed E-state index contributed by atoms with van der Waals surface area (Å²) in [5.41, 5.74) is 3.71. The Hall–Kier alpha value is -2.85. The molecule has 0 bridgehead atoms. The van der Waals surface area contributed by atoms with Gasteiger partial charge >= 0.3 is 0 Å². The summed E-state index contributed by atoms with van der Waals surface area (Å²) in [5.74, 6) is 0. The molecule has 27 heavy (non-hydrogen) atoms. The van der Waals surface area contributed by atoms with E-state index in [9.17, 15) is 18.5 Å². The number of sulfonamides is 1. The Morgan fingerprint density at radius 2 is 2.00 bits per heavy atom. The molecule has 2 aromatic rings. The van der Waals surface area contributed by atoms with Crippen molar-refractivity contribution in [2.45, 2.75) is 25.7 Å². The van der Waals surface area contributed by atoms with E-state index in [0.29, 0.717) is 5.71 Å². The van der Waals surface area contributed by atoms with Gasteiger partial charge in [0.25, 0.3) is 5.69 Å². The number of nitro benzene ring substituents is 1. The lowest BCUT2D eigenvalue weighted by molar-refractivity contribution is -0.384. The van der Waals surface area contributed by atoms with Gasteiger partial charge < -0.3 is 0 Å². The fourth-order valence-electron chi connectivity index (χ4n) is 2.42. The standard InChI is InChI=1S/C17H21N5O4S/c1-4-21(5-2)27(25,26)15-8-9-16(17(11-15)22(23)24)20-19-13(3)14-7-6-10-18-12-14/h6-12,20H,4-5H2,1-3H3/b19-13+. The van der Waals surface area contributed by atoms with Gasteiger partial charge in [-0.25, -0.2) is 8.42 Å². The zero-order valence-electron chi connectivity index (χ0n) is 15.3. The molecule has 2 rings (SSSR count). The molecule has 1 aromatic heterocycles. The average Bonchev–Trinajstić information content (AvgIpc) is 2.67. The summed E-state index contributed by atoms with van der Waals surface area (Å²) in [6, 6.07) is 7.28. The molecule has 10 heteroatoms. The van der Waals surface area contributed by atoms with Gasteiger partial charge in [-0.3, -0.25) is 20.5 Å². The van der Waals surface area contributed by atoms with Gasteiger partial charge in [0.2, 0.25) is 10.0 Å². The van der Waals surface area contributed by atoms with E-state index in [1.54, 1.807) is 39.2 Å². The van der Waals surface area contributed by atoms with Crippen LogP contribution >= 0.6 is 0 Å². The lowest BCUT2D eigenvalue weighted by Gasteiger charge is -2.18. The Labute approximate surface area is 157 Å². The van der Waals surface area contributed by atoms with Crippen LogP contribution in [0.2, 0.25) is 0 Å². The molecule has 1 N–H and O–H groups in total. The van der Waals surface area contributed by atoms with E-state index in [2.05, 4.69) is 15.5 Å². The monoisotopic (exact) mass is 391 g/mol. The predicted molar refractivity (Wildman–Crippen MR) is 103 cm³/mol. The maximum Gasteiger partial charge on any atom is 0.295 e. The first-order valence-electron chi connectivity index (χ1n) is 8.30. The van der Waals surface area contributed by atoms with Crippen molar-refractivity contribution in [2.75, 3.05) is 18.5 Å². The van der Waals surface area contributed by atoms with Crippen molar-refractivity contribution in [1.29, 1.82) is 0 Å². The highest BCUT2D eigenvalue weighted by atomic mass is 32.2. The number of benzene rings is 1. The normalized spacial score (nSPS) is 12.2. The Balaban J connectivity index is 2.38. The smallest absolute Gasteiger partial charge is 0.271 e. The highest BCUT2D eigenvalue weighted by Gasteiger charge is 2.25. The van der Waals surface area contributed by atoms with Crippen LogP contribution in [0.15, 0.2) is 52.7 Å². The first-order valence-corrected chi connectivity index (χ1v) is 9.74. The first-order chi connectivity index (χ1) is 12.8. The molecular formula is C17H21N5O4S. The second-order valence-corrected chi connectivity index (χ2v) is 7.51. The average molecular weight is 391 g/mol. The molecule has 0 spiro atoms. The molecule has 9 nitrogen and oxygen atoms in total. The van der Waals surface area contributed by atoms with E-state index < -0.39 is 14.9 Å². The number of nitro groups is 1. The van der Waals surface area contributed by atoms with Crippen molar-refractivity contribution in [2.24, 2.45) is 5.10 Å². The molecule has 144 valence electrons. The molecule has 0 fully saturated rings. The minimum Gasteiger partial charge on any atom is -0.271 e. The van der Waals surface area contributed by atoms with Crippen molar-refractivity contribution in [3.8, 4) is 0 Å². The van der Waals surface area contributed by atoms with Crippen molar-refractivity contribution < 1.29 is 13.3 Å². The summed E-state index contributed by atoms with van der Waals surface area (Å²) in [6.07, 6.45) is 3.25. The number of pyridine rings is 1. The van der Waals surface area contributed by atoms with Gasteiger partial charge in [0.15, 0.2) is 0 Å². The molecule has 0 aliphatic heterocycles. The zero-order chi connectivity index (χ0) is 20.0. The molecule has 0 amide bonds. The summed E-state index contributed by atoms with van der Waals surface area (Å²) in [7, 11) is -3.79. The minimum atomic E-state index is -3.79. The van der Waals surface area contributed by atoms with Gasteiger partial charge in [0.05, 0.1) is 15.5 Å². The number of rotatable bonds is 8. The highest BCUT2D eigenvalue weighted by Crippen LogP contribution is 2.29. The maximum absolute atomic E-state index is 12.6. The summed E-state index contributed by atoms with van der Waals surface area (Å²) < 4.78 is 26.4. The number of hydrazone groups is 1. The molecule has 1 aromatic carbocycles. The Morgan fingerprint density at radius 1 is 1.30 bits per heavy atom. The predicted octanol–water partition coefficient (Wildman–Crippen LogP) is 2.86. The number of nitrogens with one attached hydrogen (secondary N) is 1. The van der Waals surface area contributed by atoms with E-state index in [4.69, 9.17) is 0 Å². The second kappa shape index (κ2) is 8.69. The number of hydrogen-bond acceptors (Lipinski definition) is 7. The van der Waals surface area contributed by atoms with Crippen LogP contribution in [0.1, 0.15) is 26.3 Å². The Morgan fingerprint density at radius 3 is 2.56 bits per heavy atom. The quantitative estimate of drug-likeness (QED) is 0.420. The van der Waals surface area contributed by atoms with Crippen LogP contribution in [0.5, 0.6) is 0 Å². The number of anilines is 1. The molecule has 0 aliphatic carbocycles. The largest absolute Gasteiger partial charge is 0.295 e. The van der Waals surface area contributed by atoms with Gasteiger partial charge in [-0.1, -0.05) is 19.9 Å². The third kappa shape index (κ3) is 4.66. The third-order valence-corrected chi connectivity index (χ3v) is 5.98. The number of nitrogens with zero attached hydrogens (tertiary/aromatic N) is 4. The van der Waals surface area contributed by atoms with E-state index in [0.717, 1.165) is 11.6 Å². The summed E-state index contributed by atoms with van der Waals surface area (Å²) in [4.78, 5) is 14.6. The fourth-order valence-corrected chi connectivity index (χ4v) is 3.89. The molecule has 0 atom stereocenters. The molecule has 0 unspecified atom stereocenters. The van der Waals surface area contributed by atoms with E-state index in [1.807, 2.05) is 6.07 Å². The first kappa shape index (κ1) is 20.5. The van der Waals surface area contributed by atoms with Gasteiger partial charge in [0, 0.05) is 37.1 Å². The van der Waals surface area contributed by atoms with Crippen molar-refractivity contribution >= 4 is 27.1 Å². The van der Waals surface area contributed by atoms with Gasteiger partial charge in [-0.15, -0.1) is 0 Å². The van der Waals surface area contributed by atoms with Crippen LogP contribution in [-0.4, -0.2) is 41.4 Å². The molecule has 0 saturated carbocycles. The van der Waals surface area contributed by atoms with Gasteiger partial charge in [-0.05, 0) is 25.1 Å². The Bertz CT molecular complexity index is 941. The van der Waals surface area contributed by atoms with Crippen LogP contribution in [0.3, 0.4) is 0 Å². The number of hydrogen-bond donors (Lipinski definition) is 1. The molecule has 1 heterocycles. The molecule has 0 aliphatic rings. The highest BCUT2D eigenvalue weighted by molar-refractivity contribution is 7.89. The van der Waals surface area contributed by atoms with Crippen LogP contribution in [0.4, 0.5) is 11.4 Å². The van der Waals surface area contributed by atoms with Gasteiger partial charge in [-0.2, -0.15) is 9.41 Å². The van der Waals surface area contributed by atoms with Crippen molar-refractivity contribution in [1.82, 2.24) is 9.29 Å². The van der Waals surface area contributed by atoms with E-state index in [-0.39, 0.29) is 29.4 Å². The minimum absolute atomic E-state index is 0.0988. The zero-order valence-corrected chi connectivity index (χ0v) is 16.1. The topological polar surface area (TPSA) is 118 Å². The number of aromatic nitrogens is 1. The third-order valence-electron chi connectivity index (χ3n) is 3.93. The lowest BCUT2D eigenvalue weighted by Crippen LogP contribution is -2.30. The van der Waals surface area contributed by atoms with Crippen molar-refractivity contribution in [3.63, 3.8) is 0 Å². The molecule has 0 radical (unpaired) electrons. The van der Waals surface area contributed by atoms with Crippen LogP contribution in [-0.2, 0) is 10.0 Å². The second-order valence-electron chi connectivity index (χ2n) is 5.58. The summed E-state index contributed by atoms with van der Waals surface area (Å²) >= 11 is 0. The Kier molecular flexibility index (Phi) is 6.59. The van der Waals surface area contributed by atoms with Crippen LogP contribution in [0.25, 0.3) is 0 Å².